The Labute approximate surface area is 131 Å². The van der Waals surface area contributed by atoms with Gasteiger partial charge >= 0.3 is 12.0 Å². The van der Waals surface area contributed by atoms with Crippen molar-refractivity contribution in [3.05, 3.63) is 34.1 Å². The molecule has 0 aromatic heterocycles. The van der Waals surface area contributed by atoms with E-state index in [1.54, 1.807) is 6.07 Å². The molecule has 1 rings (SSSR count). The Morgan fingerprint density at radius 2 is 2.00 bits per heavy atom. The van der Waals surface area contributed by atoms with Gasteiger partial charge in [0.1, 0.15) is 11.9 Å². The zero-order chi connectivity index (χ0) is 16.0. The highest BCUT2D eigenvalue weighted by molar-refractivity contribution is 9.10. The van der Waals surface area contributed by atoms with Gasteiger partial charge in [0.05, 0.1) is 0 Å². The van der Waals surface area contributed by atoms with Crippen LogP contribution >= 0.6 is 15.9 Å². The van der Waals surface area contributed by atoms with Crippen LogP contribution in [0.3, 0.4) is 0 Å². The molecule has 2 amide bonds. The van der Waals surface area contributed by atoms with Gasteiger partial charge in [0, 0.05) is 11.0 Å². The van der Waals surface area contributed by atoms with Gasteiger partial charge in [-0.2, -0.15) is 0 Å². The standard InChI is InChI=1S/C14H18BrFN2O3/c1-8(2)3-12(13(19)20)18-14(21)17-7-9-4-10(15)6-11(16)5-9/h4-6,8,12H,3,7H2,1-2H3,(H,19,20)(H2,17,18,21). The largest absolute Gasteiger partial charge is 0.480 e. The molecule has 0 heterocycles. The second-order valence-electron chi connectivity index (χ2n) is 5.13. The summed E-state index contributed by atoms with van der Waals surface area (Å²) in [5, 5.41) is 13.9. The van der Waals surface area contributed by atoms with E-state index >= 15 is 0 Å². The molecule has 3 N–H and O–H groups in total. The highest BCUT2D eigenvalue weighted by atomic mass is 79.9. The van der Waals surface area contributed by atoms with Crippen LogP contribution in [0.15, 0.2) is 22.7 Å². The van der Waals surface area contributed by atoms with Crippen molar-refractivity contribution in [3.8, 4) is 0 Å². The molecule has 1 unspecified atom stereocenters. The maximum Gasteiger partial charge on any atom is 0.326 e. The number of hydrogen-bond donors (Lipinski definition) is 3. The summed E-state index contributed by atoms with van der Waals surface area (Å²) in [6, 6.07) is 2.75. The number of nitrogens with one attached hydrogen (secondary N) is 2. The lowest BCUT2D eigenvalue weighted by Gasteiger charge is -2.17. The first-order valence-electron chi connectivity index (χ1n) is 6.50. The number of carbonyl (C=O) groups is 2. The second kappa shape index (κ2) is 7.97. The van der Waals surface area contributed by atoms with E-state index in [0.717, 1.165) is 0 Å². The van der Waals surface area contributed by atoms with Crippen LogP contribution in [0.4, 0.5) is 9.18 Å². The van der Waals surface area contributed by atoms with Crippen LogP contribution in [0.2, 0.25) is 0 Å². The Hall–Kier alpha value is -1.63. The molecule has 0 aliphatic heterocycles. The lowest BCUT2D eigenvalue weighted by Crippen LogP contribution is -2.46. The first-order valence-corrected chi connectivity index (χ1v) is 7.29. The van der Waals surface area contributed by atoms with E-state index in [0.29, 0.717) is 16.5 Å². The molecule has 0 radical (unpaired) electrons. The molecular formula is C14H18BrFN2O3. The third-order valence-electron chi connectivity index (χ3n) is 2.69. The maximum absolute atomic E-state index is 13.2. The van der Waals surface area contributed by atoms with E-state index in [4.69, 9.17) is 5.11 Å². The number of urea groups is 1. The number of halogens is 2. The topological polar surface area (TPSA) is 78.4 Å². The Bertz CT molecular complexity index is 503. The smallest absolute Gasteiger partial charge is 0.326 e. The minimum atomic E-state index is -1.08. The Morgan fingerprint density at radius 1 is 1.33 bits per heavy atom. The zero-order valence-corrected chi connectivity index (χ0v) is 13.4. The number of amides is 2. The fourth-order valence-electron chi connectivity index (χ4n) is 1.80. The van der Waals surface area contributed by atoms with E-state index in [1.807, 2.05) is 13.8 Å². The van der Waals surface area contributed by atoms with Gasteiger partial charge in [0.15, 0.2) is 0 Å². The van der Waals surface area contributed by atoms with Gasteiger partial charge in [-0.15, -0.1) is 0 Å². The zero-order valence-electron chi connectivity index (χ0n) is 11.8. The number of carboxylic acid groups (broad SMARTS) is 1. The second-order valence-corrected chi connectivity index (χ2v) is 6.04. The molecule has 0 spiro atoms. The molecule has 1 aromatic rings. The van der Waals surface area contributed by atoms with Crippen LogP contribution in [-0.4, -0.2) is 23.1 Å². The van der Waals surface area contributed by atoms with Gasteiger partial charge in [0.2, 0.25) is 0 Å². The van der Waals surface area contributed by atoms with Crippen LogP contribution in [0.5, 0.6) is 0 Å². The number of carbonyl (C=O) groups excluding carboxylic acids is 1. The summed E-state index contributed by atoms with van der Waals surface area (Å²) in [6.07, 6.45) is 0.342. The van der Waals surface area contributed by atoms with Crippen molar-refractivity contribution in [3.63, 3.8) is 0 Å². The van der Waals surface area contributed by atoms with Crippen LogP contribution in [0, 0.1) is 11.7 Å². The average molecular weight is 361 g/mol. The van der Waals surface area contributed by atoms with Crippen molar-refractivity contribution in [2.45, 2.75) is 32.9 Å². The number of hydrogen-bond acceptors (Lipinski definition) is 2. The van der Waals surface area contributed by atoms with Gasteiger partial charge in [-0.1, -0.05) is 29.8 Å². The van der Waals surface area contributed by atoms with Gasteiger partial charge in [-0.05, 0) is 36.1 Å². The van der Waals surface area contributed by atoms with Crippen LogP contribution in [0.1, 0.15) is 25.8 Å². The monoisotopic (exact) mass is 360 g/mol. The molecule has 5 nitrogen and oxygen atoms in total. The molecule has 0 fully saturated rings. The van der Waals surface area contributed by atoms with Gasteiger partial charge in [0.25, 0.3) is 0 Å². The normalized spacial score (nSPS) is 12.0. The van der Waals surface area contributed by atoms with E-state index in [2.05, 4.69) is 26.6 Å². The summed E-state index contributed by atoms with van der Waals surface area (Å²) < 4.78 is 13.7. The quantitative estimate of drug-likeness (QED) is 0.729. The minimum Gasteiger partial charge on any atom is -0.480 e. The highest BCUT2D eigenvalue weighted by Gasteiger charge is 2.20. The lowest BCUT2D eigenvalue weighted by atomic mass is 10.0. The van der Waals surface area contributed by atoms with Crippen molar-refractivity contribution < 1.29 is 19.1 Å². The molecule has 1 aromatic carbocycles. The fraction of sp³-hybridized carbons (Fsp3) is 0.429. The van der Waals surface area contributed by atoms with Crippen LogP contribution in [0.25, 0.3) is 0 Å². The first-order chi connectivity index (χ1) is 9.77. The summed E-state index contributed by atoms with van der Waals surface area (Å²) in [5.74, 6) is -1.34. The number of carboxylic acids is 1. The highest BCUT2D eigenvalue weighted by Crippen LogP contribution is 2.14. The Balaban J connectivity index is 2.54. The van der Waals surface area contributed by atoms with Crippen LogP contribution < -0.4 is 10.6 Å². The van der Waals surface area contributed by atoms with Gasteiger partial charge in [-0.25, -0.2) is 14.0 Å². The molecule has 0 saturated carbocycles. The Morgan fingerprint density at radius 3 is 2.52 bits per heavy atom. The minimum absolute atomic E-state index is 0.107. The summed E-state index contributed by atoms with van der Waals surface area (Å²) in [4.78, 5) is 22.7. The summed E-state index contributed by atoms with van der Waals surface area (Å²) >= 11 is 3.16. The summed E-state index contributed by atoms with van der Waals surface area (Å²) in [6.45, 7) is 3.86. The Kier molecular flexibility index (Phi) is 6.61. The lowest BCUT2D eigenvalue weighted by molar-refractivity contribution is -0.139. The predicted molar refractivity (Wildman–Crippen MR) is 80.4 cm³/mol. The molecule has 1 atom stereocenters. The number of aliphatic carboxylic acids is 1. The molecule has 0 bridgehead atoms. The van der Waals surface area contributed by atoms with E-state index in [-0.39, 0.29) is 12.5 Å². The van der Waals surface area contributed by atoms with E-state index < -0.39 is 23.9 Å². The molecule has 116 valence electrons. The van der Waals surface area contributed by atoms with Crippen molar-refractivity contribution in [2.24, 2.45) is 5.92 Å². The third-order valence-corrected chi connectivity index (χ3v) is 3.14. The van der Waals surface area contributed by atoms with Gasteiger partial charge < -0.3 is 15.7 Å². The van der Waals surface area contributed by atoms with Crippen molar-refractivity contribution in [2.75, 3.05) is 0 Å². The predicted octanol–water partition coefficient (Wildman–Crippen LogP) is 2.89. The van der Waals surface area contributed by atoms with Crippen molar-refractivity contribution in [1.82, 2.24) is 10.6 Å². The number of rotatable bonds is 6. The first kappa shape index (κ1) is 17.4. The summed E-state index contributed by atoms with van der Waals surface area (Å²) in [7, 11) is 0. The molecule has 7 heteroatoms. The summed E-state index contributed by atoms with van der Waals surface area (Å²) in [5.41, 5.74) is 0.577. The fourth-order valence-corrected chi connectivity index (χ4v) is 2.31. The molecule has 21 heavy (non-hydrogen) atoms. The number of benzene rings is 1. The van der Waals surface area contributed by atoms with Crippen molar-refractivity contribution >= 4 is 27.9 Å². The molecule has 0 saturated heterocycles. The van der Waals surface area contributed by atoms with E-state index in [1.165, 1.54) is 12.1 Å². The SMILES string of the molecule is CC(C)CC(NC(=O)NCc1cc(F)cc(Br)c1)C(=O)O. The van der Waals surface area contributed by atoms with E-state index in [9.17, 15) is 14.0 Å². The maximum atomic E-state index is 13.2. The molecule has 0 aliphatic carbocycles. The molecule has 0 aliphatic rings. The van der Waals surface area contributed by atoms with Crippen LogP contribution in [-0.2, 0) is 11.3 Å². The van der Waals surface area contributed by atoms with Crippen molar-refractivity contribution in [1.29, 1.82) is 0 Å². The van der Waals surface area contributed by atoms with Gasteiger partial charge in [-0.3, -0.25) is 0 Å². The third kappa shape index (κ3) is 6.57. The molecular weight excluding hydrogens is 343 g/mol. The average Bonchev–Trinajstić information content (AvgIpc) is 2.33.